The second-order valence-corrected chi connectivity index (χ2v) is 3.84. The fourth-order valence-corrected chi connectivity index (χ4v) is 1.96. The number of hydrazine groups is 1. The van der Waals surface area contributed by atoms with Crippen LogP contribution in [0.15, 0.2) is 24.7 Å². The number of nitrogen functional groups attached to an aromatic ring is 1. The lowest BCUT2D eigenvalue weighted by atomic mass is 10.3. The van der Waals surface area contributed by atoms with Crippen LogP contribution in [-0.2, 0) is 13.1 Å². The van der Waals surface area contributed by atoms with E-state index in [0.717, 1.165) is 31.3 Å². The molecule has 0 aliphatic carbocycles. The van der Waals surface area contributed by atoms with Crippen LogP contribution in [-0.4, -0.2) is 26.1 Å². The van der Waals surface area contributed by atoms with Gasteiger partial charge in [0, 0.05) is 31.7 Å². The summed E-state index contributed by atoms with van der Waals surface area (Å²) in [5.74, 6) is 7.64. The van der Waals surface area contributed by atoms with Crippen LogP contribution in [0.4, 0.5) is 11.8 Å². The smallest absolute Gasteiger partial charge is 0.239 e. The summed E-state index contributed by atoms with van der Waals surface area (Å²) in [4.78, 5) is 14.8. The SMILES string of the molecule is NNc1nccc(N2CCn3ccnc3C2)n1. The molecule has 0 radical (unpaired) electrons. The number of fused-ring (bicyclic) bond motifs is 1. The molecule has 3 N–H and O–H groups in total. The molecule has 0 aromatic carbocycles. The third-order valence-electron chi connectivity index (χ3n) is 2.84. The first kappa shape index (κ1) is 10.0. The van der Waals surface area contributed by atoms with Gasteiger partial charge in [0.15, 0.2) is 0 Å². The number of nitrogens with zero attached hydrogens (tertiary/aromatic N) is 5. The molecule has 0 saturated carbocycles. The van der Waals surface area contributed by atoms with Gasteiger partial charge in [-0.25, -0.2) is 15.8 Å². The Morgan fingerprint density at radius 3 is 3.06 bits per heavy atom. The van der Waals surface area contributed by atoms with Crippen molar-refractivity contribution in [3.8, 4) is 0 Å². The molecule has 7 heteroatoms. The van der Waals surface area contributed by atoms with E-state index < -0.39 is 0 Å². The lowest BCUT2D eigenvalue weighted by Gasteiger charge is -2.28. The van der Waals surface area contributed by atoms with Gasteiger partial charge in [0.25, 0.3) is 0 Å². The normalized spacial score (nSPS) is 14.5. The highest BCUT2D eigenvalue weighted by Gasteiger charge is 2.17. The van der Waals surface area contributed by atoms with Gasteiger partial charge in [-0.15, -0.1) is 0 Å². The van der Waals surface area contributed by atoms with E-state index >= 15 is 0 Å². The van der Waals surface area contributed by atoms with Crippen LogP contribution in [0.25, 0.3) is 0 Å². The summed E-state index contributed by atoms with van der Waals surface area (Å²) in [6, 6.07) is 1.87. The first-order chi connectivity index (χ1) is 8.36. The predicted molar refractivity (Wildman–Crippen MR) is 63.1 cm³/mol. The molecule has 3 heterocycles. The Kier molecular flexibility index (Phi) is 2.37. The van der Waals surface area contributed by atoms with Crippen molar-refractivity contribution in [2.75, 3.05) is 16.9 Å². The van der Waals surface area contributed by atoms with Gasteiger partial charge < -0.3 is 9.47 Å². The summed E-state index contributed by atoms with van der Waals surface area (Å²) in [5.41, 5.74) is 2.45. The molecule has 0 amide bonds. The van der Waals surface area contributed by atoms with E-state index in [9.17, 15) is 0 Å². The van der Waals surface area contributed by atoms with E-state index in [1.165, 1.54) is 0 Å². The maximum atomic E-state index is 5.30. The molecule has 0 unspecified atom stereocenters. The first-order valence-corrected chi connectivity index (χ1v) is 5.41. The Morgan fingerprint density at radius 2 is 2.18 bits per heavy atom. The number of anilines is 2. The second kappa shape index (κ2) is 4.02. The maximum Gasteiger partial charge on any atom is 0.239 e. The number of hydrogen-bond acceptors (Lipinski definition) is 6. The largest absolute Gasteiger partial charge is 0.347 e. The van der Waals surface area contributed by atoms with E-state index in [2.05, 4.69) is 29.8 Å². The minimum Gasteiger partial charge on any atom is -0.347 e. The second-order valence-electron chi connectivity index (χ2n) is 3.84. The third kappa shape index (κ3) is 1.80. The monoisotopic (exact) mass is 231 g/mol. The van der Waals surface area contributed by atoms with Crippen LogP contribution in [0.5, 0.6) is 0 Å². The van der Waals surface area contributed by atoms with Crippen LogP contribution >= 0.6 is 0 Å². The zero-order valence-corrected chi connectivity index (χ0v) is 9.24. The molecule has 1 aliphatic heterocycles. The molecule has 1 aliphatic rings. The molecule has 0 atom stereocenters. The molecule has 88 valence electrons. The van der Waals surface area contributed by atoms with Gasteiger partial charge >= 0.3 is 0 Å². The van der Waals surface area contributed by atoms with Crippen LogP contribution in [0, 0.1) is 0 Å². The van der Waals surface area contributed by atoms with Crippen molar-refractivity contribution >= 4 is 11.8 Å². The molecule has 2 aromatic rings. The molecule has 7 nitrogen and oxygen atoms in total. The van der Waals surface area contributed by atoms with Crippen LogP contribution in [0.3, 0.4) is 0 Å². The van der Waals surface area contributed by atoms with Crippen molar-refractivity contribution in [1.29, 1.82) is 0 Å². The van der Waals surface area contributed by atoms with E-state index in [-0.39, 0.29) is 0 Å². The lowest BCUT2D eigenvalue weighted by Crippen LogP contribution is -2.34. The Morgan fingerprint density at radius 1 is 1.24 bits per heavy atom. The summed E-state index contributed by atoms with van der Waals surface area (Å²) < 4.78 is 2.15. The average molecular weight is 231 g/mol. The van der Waals surface area contributed by atoms with E-state index in [4.69, 9.17) is 5.84 Å². The van der Waals surface area contributed by atoms with Gasteiger partial charge in [-0.1, -0.05) is 0 Å². The van der Waals surface area contributed by atoms with Crippen molar-refractivity contribution in [2.24, 2.45) is 5.84 Å². The zero-order valence-electron chi connectivity index (χ0n) is 9.24. The minimum absolute atomic E-state index is 0.427. The third-order valence-corrected chi connectivity index (χ3v) is 2.84. The number of nitrogens with two attached hydrogens (primary N) is 1. The van der Waals surface area contributed by atoms with Crippen molar-refractivity contribution in [1.82, 2.24) is 19.5 Å². The highest BCUT2D eigenvalue weighted by atomic mass is 15.3. The fourth-order valence-electron chi connectivity index (χ4n) is 1.96. The number of rotatable bonds is 2. The summed E-state index contributed by atoms with van der Waals surface area (Å²) in [6.07, 6.45) is 5.52. The number of nitrogens with one attached hydrogen (secondary N) is 1. The van der Waals surface area contributed by atoms with E-state index in [1.54, 1.807) is 6.20 Å². The summed E-state index contributed by atoms with van der Waals surface area (Å²) in [5, 5.41) is 0. The highest BCUT2D eigenvalue weighted by molar-refractivity contribution is 5.42. The van der Waals surface area contributed by atoms with E-state index in [0.29, 0.717) is 5.95 Å². The van der Waals surface area contributed by atoms with Crippen LogP contribution < -0.4 is 16.2 Å². The number of aromatic nitrogens is 4. The lowest BCUT2D eigenvalue weighted by molar-refractivity contribution is 0.556. The standard InChI is InChI=1S/C10H13N7/c11-15-10-13-2-1-8(14-10)17-6-5-16-4-3-12-9(16)7-17/h1-4H,5-7,11H2,(H,13,14,15). The van der Waals surface area contributed by atoms with Crippen LogP contribution in [0.1, 0.15) is 5.82 Å². The molecule has 0 saturated heterocycles. The van der Waals surface area contributed by atoms with Crippen molar-refractivity contribution < 1.29 is 0 Å². The van der Waals surface area contributed by atoms with Gasteiger partial charge in [0.05, 0.1) is 6.54 Å². The van der Waals surface area contributed by atoms with Crippen LogP contribution in [0.2, 0.25) is 0 Å². The highest BCUT2D eigenvalue weighted by Crippen LogP contribution is 2.18. The van der Waals surface area contributed by atoms with Crippen molar-refractivity contribution in [2.45, 2.75) is 13.1 Å². The predicted octanol–water partition coefficient (Wildman–Crippen LogP) is -0.0211. The number of hydrogen-bond donors (Lipinski definition) is 2. The first-order valence-electron chi connectivity index (χ1n) is 5.41. The Hall–Kier alpha value is -2.15. The molecule has 17 heavy (non-hydrogen) atoms. The quantitative estimate of drug-likeness (QED) is 0.558. The molecular formula is C10H13N7. The summed E-state index contributed by atoms with van der Waals surface area (Å²) in [6.45, 7) is 2.59. The molecule has 0 spiro atoms. The molecule has 0 bridgehead atoms. The van der Waals surface area contributed by atoms with Gasteiger partial charge in [-0.05, 0) is 6.07 Å². The summed E-state index contributed by atoms with van der Waals surface area (Å²) in [7, 11) is 0. The van der Waals surface area contributed by atoms with Crippen molar-refractivity contribution in [3.05, 3.63) is 30.5 Å². The van der Waals surface area contributed by atoms with Gasteiger partial charge in [-0.2, -0.15) is 4.98 Å². The Balaban J connectivity index is 1.86. The van der Waals surface area contributed by atoms with Crippen molar-refractivity contribution in [3.63, 3.8) is 0 Å². The molecule has 2 aromatic heterocycles. The minimum atomic E-state index is 0.427. The maximum absolute atomic E-state index is 5.30. The van der Waals surface area contributed by atoms with Gasteiger partial charge in [0.1, 0.15) is 11.6 Å². The van der Waals surface area contributed by atoms with Gasteiger partial charge in [-0.3, -0.25) is 5.43 Å². The van der Waals surface area contributed by atoms with Gasteiger partial charge in [0.2, 0.25) is 5.95 Å². The van der Waals surface area contributed by atoms with E-state index in [1.807, 2.05) is 18.5 Å². The molecule has 3 rings (SSSR count). The Bertz CT molecular complexity index is 521. The zero-order chi connectivity index (χ0) is 11.7. The molecular weight excluding hydrogens is 218 g/mol. The molecule has 0 fully saturated rings. The average Bonchev–Trinajstić information content (AvgIpc) is 2.86. The topological polar surface area (TPSA) is 84.9 Å². The summed E-state index contributed by atoms with van der Waals surface area (Å²) >= 11 is 0. The Labute approximate surface area is 98.3 Å². The fraction of sp³-hybridized carbons (Fsp3) is 0.300. The number of imidazole rings is 1.